The van der Waals surface area contributed by atoms with Crippen LogP contribution in [0.5, 0.6) is 0 Å². The minimum absolute atomic E-state index is 0.163. The first-order chi connectivity index (χ1) is 11.7. The molecule has 0 atom stereocenters. The Balaban J connectivity index is 1.80. The number of hydrogen-bond acceptors (Lipinski definition) is 2. The molecule has 0 saturated carbocycles. The van der Waals surface area contributed by atoms with Crippen molar-refractivity contribution in [1.29, 1.82) is 0 Å². The predicted molar refractivity (Wildman–Crippen MR) is 97.8 cm³/mol. The van der Waals surface area contributed by atoms with Crippen molar-refractivity contribution in [2.75, 3.05) is 20.1 Å². The number of amides is 1. The predicted octanol–water partition coefficient (Wildman–Crippen LogP) is 3.72. The van der Waals surface area contributed by atoms with Crippen LogP contribution in [0.2, 0.25) is 0 Å². The Morgan fingerprint density at radius 1 is 0.958 bits per heavy atom. The zero-order valence-corrected chi connectivity index (χ0v) is 14.6. The maximum absolute atomic E-state index is 11.6. The van der Waals surface area contributed by atoms with E-state index in [1.165, 1.54) is 11.1 Å². The SMILES string of the molecule is CC(=O)N(C)C1CCN(C(c2ccccc2)c2ccccc2)CC1. The summed E-state index contributed by atoms with van der Waals surface area (Å²) in [6.07, 6.45) is 2.07. The third-order valence-corrected chi connectivity index (χ3v) is 5.14. The molecular weight excluding hydrogens is 296 g/mol. The van der Waals surface area contributed by atoms with E-state index < -0.39 is 0 Å². The Morgan fingerprint density at radius 2 is 1.42 bits per heavy atom. The molecule has 0 aliphatic carbocycles. The van der Waals surface area contributed by atoms with Gasteiger partial charge in [-0.05, 0) is 24.0 Å². The molecule has 0 bridgehead atoms. The molecule has 1 saturated heterocycles. The molecule has 3 nitrogen and oxygen atoms in total. The van der Waals surface area contributed by atoms with Gasteiger partial charge in [-0.1, -0.05) is 60.7 Å². The van der Waals surface area contributed by atoms with Crippen molar-refractivity contribution in [2.45, 2.75) is 31.8 Å². The summed E-state index contributed by atoms with van der Waals surface area (Å²) in [5.74, 6) is 0.163. The first-order valence-corrected chi connectivity index (χ1v) is 8.74. The van der Waals surface area contributed by atoms with Crippen LogP contribution in [0.15, 0.2) is 60.7 Å². The smallest absolute Gasteiger partial charge is 0.219 e. The molecule has 1 aliphatic rings. The summed E-state index contributed by atoms with van der Waals surface area (Å²) in [6.45, 7) is 3.68. The zero-order chi connectivity index (χ0) is 16.9. The summed E-state index contributed by atoms with van der Waals surface area (Å²) in [4.78, 5) is 16.1. The fraction of sp³-hybridized carbons (Fsp3) is 0.381. The fourth-order valence-electron chi connectivity index (χ4n) is 3.67. The van der Waals surface area contributed by atoms with Gasteiger partial charge in [-0.2, -0.15) is 0 Å². The van der Waals surface area contributed by atoms with Gasteiger partial charge in [0.05, 0.1) is 6.04 Å². The van der Waals surface area contributed by atoms with Crippen molar-refractivity contribution >= 4 is 5.91 Å². The van der Waals surface area contributed by atoms with Crippen LogP contribution in [0.4, 0.5) is 0 Å². The van der Waals surface area contributed by atoms with Crippen LogP contribution in [0.3, 0.4) is 0 Å². The Hall–Kier alpha value is -2.13. The molecule has 1 heterocycles. The van der Waals surface area contributed by atoms with E-state index >= 15 is 0 Å². The van der Waals surface area contributed by atoms with Gasteiger partial charge in [0.15, 0.2) is 0 Å². The van der Waals surface area contributed by atoms with Crippen LogP contribution in [0.1, 0.15) is 36.9 Å². The average molecular weight is 322 g/mol. The van der Waals surface area contributed by atoms with E-state index in [1.807, 2.05) is 11.9 Å². The van der Waals surface area contributed by atoms with Crippen molar-refractivity contribution in [3.05, 3.63) is 71.8 Å². The van der Waals surface area contributed by atoms with Crippen LogP contribution in [-0.4, -0.2) is 41.9 Å². The quantitative estimate of drug-likeness (QED) is 0.856. The van der Waals surface area contributed by atoms with E-state index in [0.717, 1.165) is 25.9 Å². The van der Waals surface area contributed by atoms with E-state index in [-0.39, 0.29) is 11.9 Å². The first kappa shape index (κ1) is 16.7. The van der Waals surface area contributed by atoms with E-state index in [1.54, 1.807) is 6.92 Å². The molecule has 0 N–H and O–H groups in total. The highest BCUT2D eigenvalue weighted by Crippen LogP contribution is 2.31. The molecule has 24 heavy (non-hydrogen) atoms. The number of rotatable bonds is 4. The second-order valence-corrected chi connectivity index (χ2v) is 6.62. The summed E-state index contributed by atoms with van der Waals surface area (Å²) >= 11 is 0. The Kier molecular flexibility index (Phi) is 5.31. The number of hydrogen-bond donors (Lipinski definition) is 0. The number of carbonyl (C=O) groups is 1. The number of piperidine rings is 1. The molecule has 0 radical (unpaired) electrons. The molecule has 2 aromatic rings. The zero-order valence-electron chi connectivity index (χ0n) is 14.6. The van der Waals surface area contributed by atoms with Gasteiger partial charge < -0.3 is 4.90 Å². The monoisotopic (exact) mass is 322 g/mol. The maximum Gasteiger partial charge on any atom is 0.219 e. The normalized spacial score (nSPS) is 16.3. The molecular formula is C21H26N2O. The van der Waals surface area contributed by atoms with Crippen molar-refractivity contribution in [3.8, 4) is 0 Å². The van der Waals surface area contributed by atoms with Crippen molar-refractivity contribution in [3.63, 3.8) is 0 Å². The summed E-state index contributed by atoms with van der Waals surface area (Å²) in [7, 11) is 1.93. The lowest BCUT2D eigenvalue weighted by Crippen LogP contribution is -2.46. The molecule has 3 heteroatoms. The molecule has 3 rings (SSSR count). The van der Waals surface area contributed by atoms with Crippen LogP contribution >= 0.6 is 0 Å². The second-order valence-electron chi connectivity index (χ2n) is 6.62. The van der Waals surface area contributed by atoms with Gasteiger partial charge in [0.25, 0.3) is 0 Å². The van der Waals surface area contributed by atoms with E-state index in [2.05, 4.69) is 65.6 Å². The lowest BCUT2D eigenvalue weighted by molar-refractivity contribution is -0.130. The van der Waals surface area contributed by atoms with Gasteiger partial charge in [-0.3, -0.25) is 9.69 Å². The van der Waals surface area contributed by atoms with Crippen molar-refractivity contribution in [1.82, 2.24) is 9.80 Å². The van der Waals surface area contributed by atoms with Crippen LogP contribution in [-0.2, 0) is 4.79 Å². The molecule has 1 aliphatic heterocycles. The molecule has 0 aromatic heterocycles. The van der Waals surface area contributed by atoms with E-state index in [9.17, 15) is 4.79 Å². The van der Waals surface area contributed by atoms with Gasteiger partial charge in [0, 0.05) is 33.1 Å². The van der Waals surface area contributed by atoms with Gasteiger partial charge in [0.1, 0.15) is 0 Å². The van der Waals surface area contributed by atoms with Crippen molar-refractivity contribution < 1.29 is 4.79 Å². The molecule has 1 fully saturated rings. The number of nitrogens with zero attached hydrogens (tertiary/aromatic N) is 2. The molecule has 0 spiro atoms. The highest BCUT2D eigenvalue weighted by Gasteiger charge is 2.29. The summed E-state index contributed by atoms with van der Waals surface area (Å²) < 4.78 is 0. The maximum atomic E-state index is 11.6. The average Bonchev–Trinajstić information content (AvgIpc) is 2.64. The standard InChI is InChI=1S/C21H26N2O/c1-17(24)22(2)20-13-15-23(16-14-20)21(18-9-5-3-6-10-18)19-11-7-4-8-12-19/h3-12,20-21H,13-16H2,1-2H3. The van der Waals surface area contributed by atoms with Gasteiger partial charge in [0.2, 0.25) is 5.91 Å². The molecule has 0 unspecified atom stereocenters. The number of likely N-dealkylation sites (tertiary alicyclic amines) is 1. The number of benzene rings is 2. The third kappa shape index (κ3) is 3.68. The van der Waals surface area contributed by atoms with Crippen LogP contribution in [0, 0.1) is 0 Å². The summed E-state index contributed by atoms with van der Waals surface area (Å²) in [5, 5.41) is 0. The Bertz CT molecular complexity index is 609. The lowest BCUT2D eigenvalue weighted by Gasteiger charge is -2.40. The minimum Gasteiger partial charge on any atom is -0.343 e. The van der Waals surface area contributed by atoms with Gasteiger partial charge in [-0.15, -0.1) is 0 Å². The van der Waals surface area contributed by atoms with Gasteiger partial charge in [-0.25, -0.2) is 0 Å². The third-order valence-electron chi connectivity index (χ3n) is 5.14. The van der Waals surface area contributed by atoms with Crippen LogP contribution in [0.25, 0.3) is 0 Å². The van der Waals surface area contributed by atoms with Gasteiger partial charge >= 0.3 is 0 Å². The van der Waals surface area contributed by atoms with E-state index in [0.29, 0.717) is 6.04 Å². The summed E-state index contributed by atoms with van der Waals surface area (Å²) in [5.41, 5.74) is 2.67. The van der Waals surface area contributed by atoms with Crippen molar-refractivity contribution in [2.24, 2.45) is 0 Å². The second kappa shape index (κ2) is 7.63. The minimum atomic E-state index is 0.163. The first-order valence-electron chi connectivity index (χ1n) is 8.74. The summed E-state index contributed by atoms with van der Waals surface area (Å²) in [6, 6.07) is 22.1. The Labute approximate surface area is 144 Å². The molecule has 1 amide bonds. The Morgan fingerprint density at radius 3 is 1.83 bits per heavy atom. The fourth-order valence-corrected chi connectivity index (χ4v) is 3.67. The van der Waals surface area contributed by atoms with Crippen LogP contribution < -0.4 is 0 Å². The van der Waals surface area contributed by atoms with E-state index in [4.69, 9.17) is 0 Å². The molecule has 2 aromatic carbocycles. The topological polar surface area (TPSA) is 23.6 Å². The molecule has 126 valence electrons. The highest BCUT2D eigenvalue weighted by molar-refractivity contribution is 5.73. The largest absolute Gasteiger partial charge is 0.343 e. The number of carbonyl (C=O) groups excluding carboxylic acids is 1. The lowest BCUT2D eigenvalue weighted by atomic mass is 9.93. The highest BCUT2D eigenvalue weighted by atomic mass is 16.2.